The van der Waals surface area contributed by atoms with Crippen LogP contribution in [-0.2, 0) is 14.9 Å². The molecule has 1 aliphatic rings. The topological polar surface area (TPSA) is 137 Å². The molecule has 2 aromatic carbocycles. The molecule has 3 unspecified atom stereocenters. The number of aliphatic hydroxyl groups is 3. The van der Waals surface area contributed by atoms with Crippen molar-refractivity contribution < 1.29 is 39.8 Å². The Kier molecular flexibility index (Phi) is 5.81. The van der Waals surface area contributed by atoms with Crippen molar-refractivity contribution in [3.05, 3.63) is 59.7 Å². The summed E-state index contributed by atoms with van der Waals surface area (Å²) in [6.07, 6.45) is -8.27. The first kappa shape index (κ1) is 21.1. The highest BCUT2D eigenvalue weighted by Crippen LogP contribution is 2.33. The summed E-state index contributed by atoms with van der Waals surface area (Å²) in [4.78, 5) is 11.2. The number of aliphatic carboxylic acids is 1. The van der Waals surface area contributed by atoms with Crippen LogP contribution in [0.4, 0.5) is 0 Å². The maximum atomic E-state index is 11.2. The number of phenolic OH excluding ortho intramolecular Hbond substituents is 1. The first-order valence-corrected chi connectivity index (χ1v) is 9.10. The maximum absolute atomic E-state index is 11.2. The average Bonchev–Trinajstić information content (AvgIpc) is 2.69. The smallest absolute Gasteiger partial charge is 0.335 e. The molecule has 0 aromatic heterocycles. The summed E-state index contributed by atoms with van der Waals surface area (Å²) in [6, 6.07) is 13.8. The second kappa shape index (κ2) is 8.00. The molecule has 5 atom stereocenters. The Labute approximate surface area is 167 Å². The van der Waals surface area contributed by atoms with Crippen LogP contribution in [0.2, 0.25) is 0 Å². The van der Waals surface area contributed by atoms with Crippen molar-refractivity contribution in [3.8, 4) is 11.5 Å². The van der Waals surface area contributed by atoms with Gasteiger partial charge < -0.3 is 35.0 Å². The quantitative estimate of drug-likeness (QED) is 0.498. The van der Waals surface area contributed by atoms with Gasteiger partial charge >= 0.3 is 5.97 Å². The molecule has 1 aliphatic heterocycles. The third-order valence-electron chi connectivity index (χ3n) is 5.23. The molecule has 8 heteroatoms. The van der Waals surface area contributed by atoms with Gasteiger partial charge in [0.15, 0.2) is 6.10 Å². The van der Waals surface area contributed by atoms with E-state index >= 15 is 0 Å². The molecule has 3 rings (SSSR count). The molecule has 1 fully saturated rings. The largest absolute Gasteiger partial charge is 0.508 e. The van der Waals surface area contributed by atoms with Crippen molar-refractivity contribution in [2.75, 3.05) is 0 Å². The van der Waals surface area contributed by atoms with Crippen molar-refractivity contribution in [2.24, 2.45) is 0 Å². The van der Waals surface area contributed by atoms with E-state index in [2.05, 4.69) is 0 Å². The Morgan fingerprint density at radius 1 is 0.897 bits per heavy atom. The van der Waals surface area contributed by atoms with E-state index in [-0.39, 0.29) is 11.2 Å². The Morgan fingerprint density at radius 2 is 1.41 bits per heavy atom. The summed E-state index contributed by atoms with van der Waals surface area (Å²) < 4.78 is 10.6. The van der Waals surface area contributed by atoms with Gasteiger partial charge in [-0.15, -0.1) is 0 Å². The molecule has 0 spiro atoms. The lowest BCUT2D eigenvalue weighted by Crippen LogP contribution is -2.61. The number of hydrogen-bond donors (Lipinski definition) is 5. The SMILES string of the molecule is CC(C)(c1ccc(O)cc1)c1ccc(O[C@@H]2OC(C(=O)O)[C@H](O)C(O)C2O)cc1. The number of phenols is 1. The molecule has 8 nitrogen and oxygen atoms in total. The van der Waals surface area contributed by atoms with Gasteiger partial charge in [-0.2, -0.15) is 0 Å². The second-order valence-electron chi connectivity index (χ2n) is 7.55. The molecule has 5 N–H and O–H groups in total. The Balaban J connectivity index is 1.76. The number of carboxylic acid groups (broad SMARTS) is 1. The predicted molar refractivity (Wildman–Crippen MR) is 102 cm³/mol. The number of aromatic hydroxyl groups is 1. The number of carbonyl (C=O) groups is 1. The fraction of sp³-hybridized carbons (Fsp3) is 0.381. The van der Waals surface area contributed by atoms with Crippen molar-refractivity contribution in [1.82, 2.24) is 0 Å². The second-order valence-corrected chi connectivity index (χ2v) is 7.55. The molecule has 0 saturated carbocycles. The molecule has 0 bridgehead atoms. The van der Waals surface area contributed by atoms with E-state index in [1.54, 1.807) is 24.3 Å². The summed E-state index contributed by atoms with van der Waals surface area (Å²) >= 11 is 0. The Bertz CT molecular complexity index is 846. The van der Waals surface area contributed by atoms with E-state index in [0.29, 0.717) is 5.75 Å². The first-order valence-electron chi connectivity index (χ1n) is 9.10. The van der Waals surface area contributed by atoms with Crippen LogP contribution in [-0.4, -0.2) is 62.2 Å². The fourth-order valence-corrected chi connectivity index (χ4v) is 3.28. The molecular weight excluding hydrogens is 380 g/mol. The van der Waals surface area contributed by atoms with Crippen molar-refractivity contribution in [3.63, 3.8) is 0 Å². The summed E-state index contributed by atoms with van der Waals surface area (Å²) in [5.41, 5.74) is 1.60. The van der Waals surface area contributed by atoms with Crippen LogP contribution in [0.3, 0.4) is 0 Å². The molecule has 1 saturated heterocycles. The molecule has 156 valence electrons. The number of ether oxygens (including phenoxy) is 2. The van der Waals surface area contributed by atoms with Gasteiger partial charge in [0.2, 0.25) is 6.29 Å². The molecule has 1 heterocycles. The lowest BCUT2D eigenvalue weighted by molar-refractivity contribution is -0.271. The molecule has 2 aromatic rings. The molecule has 29 heavy (non-hydrogen) atoms. The number of rotatable bonds is 5. The van der Waals surface area contributed by atoms with E-state index in [4.69, 9.17) is 14.6 Å². The van der Waals surface area contributed by atoms with E-state index in [0.717, 1.165) is 11.1 Å². The standard InChI is InChI=1S/C21H24O8/c1-21(2,11-3-7-13(22)8-4-11)12-5-9-14(10-6-12)28-20-17(25)15(23)16(24)18(29-20)19(26)27/h3-10,15-18,20,22-25H,1-2H3,(H,26,27)/t15?,16-,17?,18?,20-/m1/s1. The van der Waals surface area contributed by atoms with Gasteiger partial charge in [-0.3, -0.25) is 0 Å². The number of benzene rings is 2. The normalized spacial score (nSPS) is 27.4. The van der Waals surface area contributed by atoms with Crippen molar-refractivity contribution in [1.29, 1.82) is 0 Å². The van der Waals surface area contributed by atoms with E-state index < -0.39 is 36.7 Å². The van der Waals surface area contributed by atoms with Crippen LogP contribution < -0.4 is 4.74 Å². The van der Waals surface area contributed by atoms with Gasteiger partial charge in [0.05, 0.1) is 0 Å². The van der Waals surface area contributed by atoms with Crippen LogP contribution in [0.15, 0.2) is 48.5 Å². The minimum Gasteiger partial charge on any atom is -0.508 e. The van der Waals surface area contributed by atoms with Gasteiger partial charge in [-0.1, -0.05) is 38.1 Å². The lowest BCUT2D eigenvalue weighted by Gasteiger charge is -2.38. The fourth-order valence-electron chi connectivity index (χ4n) is 3.28. The zero-order valence-corrected chi connectivity index (χ0v) is 16.0. The van der Waals surface area contributed by atoms with Crippen LogP contribution >= 0.6 is 0 Å². The lowest BCUT2D eigenvalue weighted by atomic mass is 9.78. The average molecular weight is 404 g/mol. The third kappa shape index (κ3) is 4.20. The van der Waals surface area contributed by atoms with Crippen molar-refractivity contribution >= 4 is 5.97 Å². The highest BCUT2D eigenvalue weighted by molar-refractivity contribution is 5.73. The zero-order valence-electron chi connectivity index (χ0n) is 16.0. The highest BCUT2D eigenvalue weighted by atomic mass is 16.7. The number of carboxylic acids is 1. The Hall–Kier alpha value is -2.65. The number of hydrogen-bond acceptors (Lipinski definition) is 7. The van der Waals surface area contributed by atoms with Crippen LogP contribution in [0.5, 0.6) is 11.5 Å². The predicted octanol–water partition coefficient (Wildman–Crippen LogP) is 0.989. The molecule has 0 radical (unpaired) electrons. The van der Waals surface area contributed by atoms with E-state index in [9.17, 15) is 25.2 Å². The van der Waals surface area contributed by atoms with Crippen LogP contribution in [0.25, 0.3) is 0 Å². The van der Waals surface area contributed by atoms with Gasteiger partial charge in [0, 0.05) is 5.41 Å². The third-order valence-corrected chi connectivity index (χ3v) is 5.23. The maximum Gasteiger partial charge on any atom is 0.335 e. The molecular formula is C21H24O8. The van der Waals surface area contributed by atoms with Crippen LogP contribution in [0, 0.1) is 0 Å². The minimum atomic E-state index is -1.77. The monoisotopic (exact) mass is 404 g/mol. The first-order chi connectivity index (χ1) is 13.6. The number of aliphatic hydroxyl groups excluding tert-OH is 3. The van der Waals surface area contributed by atoms with E-state index in [1.807, 2.05) is 38.1 Å². The molecule has 0 amide bonds. The highest BCUT2D eigenvalue weighted by Gasteiger charge is 2.48. The summed E-state index contributed by atoms with van der Waals surface area (Å²) in [7, 11) is 0. The van der Waals surface area contributed by atoms with Crippen molar-refractivity contribution in [2.45, 2.75) is 50.0 Å². The minimum absolute atomic E-state index is 0.186. The van der Waals surface area contributed by atoms with E-state index in [1.165, 1.54) is 0 Å². The summed E-state index contributed by atoms with van der Waals surface area (Å²) in [5.74, 6) is -0.985. The summed E-state index contributed by atoms with van der Waals surface area (Å²) in [6.45, 7) is 4.05. The van der Waals surface area contributed by atoms with Gasteiger partial charge in [-0.25, -0.2) is 4.79 Å². The van der Waals surface area contributed by atoms with Gasteiger partial charge in [0.25, 0.3) is 0 Å². The van der Waals surface area contributed by atoms with Gasteiger partial charge in [-0.05, 0) is 35.4 Å². The zero-order chi connectivity index (χ0) is 21.3. The Morgan fingerprint density at radius 3 is 1.93 bits per heavy atom. The molecule has 0 aliphatic carbocycles. The van der Waals surface area contributed by atoms with Gasteiger partial charge in [0.1, 0.15) is 29.8 Å². The van der Waals surface area contributed by atoms with Crippen LogP contribution in [0.1, 0.15) is 25.0 Å². The summed E-state index contributed by atoms with van der Waals surface area (Å²) in [5, 5.41) is 48.2.